The van der Waals surface area contributed by atoms with E-state index in [9.17, 15) is 13.2 Å². The molecule has 0 aromatic heterocycles. The lowest BCUT2D eigenvalue weighted by molar-refractivity contribution is -0.139. The summed E-state index contributed by atoms with van der Waals surface area (Å²) in [4.78, 5) is 14.8. The van der Waals surface area contributed by atoms with Crippen LogP contribution in [0.4, 0.5) is 5.69 Å². The standard InChI is InChI=1S/C19H19ClN2O4S/c1-27(24,25)22-12-18(26-17-7-6-15(20)10-16(17)22)19(23)21-9-8-13-4-2-3-5-14(13)11-21/h2-7,10,18H,8-9,11-12H2,1H3/t18-/m1/s1. The van der Waals surface area contributed by atoms with Crippen LogP contribution in [0.5, 0.6) is 5.75 Å². The van der Waals surface area contributed by atoms with Crippen molar-refractivity contribution in [1.29, 1.82) is 0 Å². The van der Waals surface area contributed by atoms with Crippen LogP contribution in [-0.2, 0) is 27.8 Å². The van der Waals surface area contributed by atoms with Gasteiger partial charge in [-0.2, -0.15) is 0 Å². The fraction of sp³-hybridized carbons (Fsp3) is 0.316. The average Bonchev–Trinajstić information content (AvgIpc) is 2.65. The Balaban J connectivity index is 1.61. The topological polar surface area (TPSA) is 66.9 Å². The minimum atomic E-state index is -3.58. The number of carbonyl (C=O) groups excluding carboxylic acids is 1. The van der Waals surface area contributed by atoms with Gasteiger partial charge in [0.15, 0.2) is 6.10 Å². The molecule has 2 aromatic rings. The molecule has 6 nitrogen and oxygen atoms in total. The largest absolute Gasteiger partial charge is 0.476 e. The molecule has 2 aliphatic heterocycles. The van der Waals surface area contributed by atoms with E-state index >= 15 is 0 Å². The van der Waals surface area contributed by atoms with Crippen molar-refractivity contribution in [2.45, 2.75) is 19.1 Å². The molecule has 4 rings (SSSR count). The van der Waals surface area contributed by atoms with Gasteiger partial charge in [0.05, 0.1) is 18.5 Å². The third-order valence-electron chi connectivity index (χ3n) is 4.91. The van der Waals surface area contributed by atoms with E-state index in [0.717, 1.165) is 18.2 Å². The zero-order chi connectivity index (χ0) is 19.2. The van der Waals surface area contributed by atoms with Crippen molar-refractivity contribution < 1.29 is 17.9 Å². The van der Waals surface area contributed by atoms with E-state index in [-0.39, 0.29) is 12.5 Å². The number of halogens is 1. The molecule has 0 bridgehead atoms. The van der Waals surface area contributed by atoms with Crippen LogP contribution in [0, 0.1) is 0 Å². The molecule has 0 N–H and O–H groups in total. The first-order chi connectivity index (χ1) is 12.8. The van der Waals surface area contributed by atoms with Gasteiger partial charge in [0.1, 0.15) is 5.75 Å². The van der Waals surface area contributed by atoms with Gasteiger partial charge in [-0.3, -0.25) is 9.10 Å². The second kappa shape index (κ2) is 6.73. The maximum Gasteiger partial charge on any atom is 0.265 e. The van der Waals surface area contributed by atoms with E-state index in [0.29, 0.717) is 29.5 Å². The van der Waals surface area contributed by atoms with Crippen LogP contribution in [0.1, 0.15) is 11.1 Å². The van der Waals surface area contributed by atoms with E-state index in [1.165, 1.54) is 15.9 Å². The summed E-state index contributed by atoms with van der Waals surface area (Å²) in [5.41, 5.74) is 2.71. The Morgan fingerprint density at radius 1 is 1.19 bits per heavy atom. The number of ether oxygens (including phenoxy) is 1. The number of benzene rings is 2. The lowest BCUT2D eigenvalue weighted by atomic mass is 9.99. The monoisotopic (exact) mass is 406 g/mol. The van der Waals surface area contributed by atoms with Crippen LogP contribution in [-0.4, -0.2) is 44.7 Å². The molecule has 0 aliphatic carbocycles. The van der Waals surface area contributed by atoms with Gasteiger partial charge >= 0.3 is 0 Å². The van der Waals surface area contributed by atoms with Crippen molar-refractivity contribution in [1.82, 2.24) is 4.90 Å². The van der Waals surface area contributed by atoms with Gasteiger partial charge in [0.2, 0.25) is 10.0 Å². The van der Waals surface area contributed by atoms with E-state index in [1.807, 2.05) is 18.2 Å². The van der Waals surface area contributed by atoms with Gasteiger partial charge in [-0.25, -0.2) is 8.42 Å². The first-order valence-corrected chi connectivity index (χ1v) is 10.8. The van der Waals surface area contributed by atoms with Crippen LogP contribution in [0.15, 0.2) is 42.5 Å². The molecule has 8 heteroatoms. The summed E-state index contributed by atoms with van der Waals surface area (Å²) in [6.45, 7) is 1.02. The number of amides is 1. The molecule has 2 aromatic carbocycles. The fourth-order valence-corrected chi connectivity index (χ4v) is 4.63. The van der Waals surface area contributed by atoms with Crippen LogP contribution in [0.25, 0.3) is 0 Å². The molecule has 1 amide bonds. The predicted octanol–water partition coefficient (Wildman–Crippen LogP) is 2.45. The van der Waals surface area contributed by atoms with Gasteiger partial charge in [-0.05, 0) is 35.7 Å². The van der Waals surface area contributed by atoms with Gasteiger partial charge in [0, 0.05) is 18.1 Å². The second-order valence-corrected chi connectivity index (χ2v) is 9.13. The molecule has 0 spiro atoms. The zero-order valence-corrected chi connectivity index (χ0v) is 16.3. The van der Waals surface area contributed by atoms with Crippen molar-refractivity contribution in [2.75, 3.05) is 23.7 Å². The Bertz CT molecular complexity index is 1010. The predicted molar refractivity (Wildman–Crippen MR) is 104 cm³/mol. The summed E-state index contributed by atoms with van der Waals surface area (Å²) >= 11 is 6.01. The quantitative estimate of drug-likeness (QED) is 0.768. The van der Waals surface area contributed by atoms with Crippen molar-refractivity contribution in [3.8, 4) is 5.75 Å². The van der Waals surface area contributed by atoms with Gasteiger partial charge in [0.25, 0.3) is 5.91 Å². The molecule has 0 saturated carbocycles. The van der Waals surface area contributed by atoms with Crippen molar-refractivity contribution >= 4 is 33.2 Å². The van der Waals surface area contributed by atoms with E-state index in [2.05, 4.69) is 6.07 Å². The smallest absolute Gasteiger partial charge is 0.265 e. The van der Waals surface area contributed by atoms with Gasteiger partial charge in [-0.15, -0.1) is 0 Å². The van der Waals surface area contributed by atoms with Crippen molar-refractivity contribution in [3.05, 3.63) is 58.6 Å². The molecule has 2 heterocycles. The minimum absolute atomic E-state index is 0.0663. The number of fused-ring (bicyclic) bond motifs is 2. The first kappa shape index (κ1) is 18.1. The number of hydrogen-bond donors (Lipinski definition) is 0. The molecule has 27 heavy (non-hydrogen) atoms. The molecule has 142 valence electrons. The highest BCUT2D eigenvalue weighted by atomic mass is 35.5. The highest BCUT2D eigenvalue weighted by Crippen LogP contribution is 2.37. The Kier molecular flexibility index (Phi) is 4.52. The summed E-state index contributed by atoms with van der Waals surface area (Å²) in [6.07, 6.45) is 0.997. The summed E-state index contributed by atoms with van der Waals surface area (Å²) in [5.74, 6) is 0.130. The number of sulfonamides is 1. The van der Waals surface area contributed by atoms with E-state index in [1.54, 1.807) is 17.0 Å². The summed E-state index contributed by atoms with van der Waals surface area (Å²) in [6, 6.07) is 12.8. The lowest BCUT2D eigenvalue weighted by Gasteiger charge is -2.37. The Labute approximate surface area is 163 Å². The second-order valence-electron chi connectivity index (χ2n) is 6.79. The highest BCUT2D eigenvalue weighted by Gasteiger charge is 2.37. The van der Waals surface area contributed by atoms with E-state index < -0.39 is 16.1 Å². The Hall–Kier alpha value is -2.25. The number of anilines is 1. The summed E-state index contributed by atoms with van der Waals surface area (Å²) < 4.78 is 31.6. The highest BCUT2D eigenvalue weighted by molar-refractivity contribution is 7.92. The van der Waals surface area contributed by atoms with Gasteiger partial charge in [-0.1, -0.05) is 35.9 Å². The third-order valence-corrected chi connectivity index (χ3v) is 6.29. The summed E-state index contributed by atoms with van der Waals surface area (Å²) in [5, 5.41) is 0.406. The Morgan fingerprint density at radius 2 is 1.93 bits per heavy atom. The van der Waals surface area contributed by atoms with Crippen LogP contribution >= 0.6 is 11.6 Å². The minimum Gasteiger partial charge on any atom is -0.476 e. The normalized spacial score (nSPS) is 19.1. The number of nitrogens with zero attached hydrogens (tertiary/aromatic N) is 2. The number of hydrogen-bond acceptors (Lipinski definition) is 4. The number of rotatable bonds is 2. The fourth-order valence-electron chi connectivity index (χ4n) is 3.55. The molecular formula is C19H19ClN2O4S. The van der Waals surface area contributed by atoms with Gasteiger partial charge < -0.3 is 9.64 Å². The maximum absolute atomic E-state index is 13.1. The molecule has 0 unspecified atom stereocenters. The first-order valence-electron chi connectivity index (χ1n) is 8.62. The third kappa shape index (κ3) is 3.49. The summed E-state index contributed by atoms with van der Waals surface area (Å²) in [7, 11) is -3.58. The van der Waals surface area contributed by atoms with Crippen LogP contribution in [0.2, 0.25) is 5.02 Å². The van der Waals surface area contributed by atoms with Crippen LogP contribution in [0.3, 0.4) is 0 Å². The number of carbonyl (C=O) groups is 1. The zero-order valence-electron chi connectivity index (χ0n) is 14.8. The molecule has 0 saturated heterocycles. The maximum atomic E-state index is 13.1. The van der Waals surface area contributed by atoms with Crippen molar-refractivity contribution in [2.24, 2.45) is 0 Å². The molecule has 2 aliphatic rings. The SMILES string of the molecule is CS(=O)(=O)N1C[C@H](C(=O)N2CCc3ccccc3C2)Oc2ccc(Cl)cc21. The molecule has 1 atom stereocenters. The lowest BCUT2D eigenvalue weighted by Crippen LogP contribution is -2.52. The average molecular weight is 407 g/mol. The molecular weight excluding hydrogens is 388 g/mol. The van der Waals surface area contributed by atoms with Crippen LogP contribution < -0.4 is 9.04 Å². The molecule has 0 radical (unpaired) electrons. The van der Waals surface area contributed by atoms with E-state index in [4.69, 9.17) is 16.3 Å². The molecule has 0 fully saturated rings. The Morgan fingerprint density at radius 3 is 2.67 bits per heavy atom. The van der Waals surface area contributed by atoms with Crippen molar-refractivity contribution in [3.63, 3.8) is 0 Å².